The molecule has 0 aliphatic heterocycles. The van der Waals surface area contributed by atoms with Crippen LogP contribution in [0.4, 0.5) is 23.2 Å². The van der Waals surface area contributed by atoms with E-state index in [1.54, 1.807) is 30.3 Å². The molecular weight excluding hydrogens is 496 g/mol. The maximum atomic E-state index is 14.0. The van der Waals surface area contributed by atoms with Crippen LogP contribution < -0.4 is 16.4 Å². The summed E-state index contributed by atoms with van der Waals surface area (Å²) >= 11 is 0. The van der Waals surface area contributed by atoms with E-state index in [4.69, 9.17) is 21.0 Å². The third kappa shape index (κ3) is 8.16. The van der Waals surface area contributed by atoms with E-state index in [2.05, 4.69) is 10.6 Å². The molecule has 0 aromatic heterocycles. The average molecular weight is 518 g/mol. The maximum absolute atomic E-state index is 14.0. The molecular formula is C25H22F4N4O4. The quantitative estimate of drug-likeness (QED) is 0.106. The summed E-state index contributed by atoms with van der Waals surface area (Å²) in [5.41, 5.74) is 5.11. The number of benzene rings is 3. The number of anilines is 1. The van der Waals surface area contributed by atoms with Crippen molar-refractivity contribution in [2.24, 2.45) is 5.73 Å². The highest BCUT2D eigenvalue weighted by atomic mass is 19.4. The van der Waals surface area contributed by atoms with E-state index < -0.39 is 41.8 Å². The number of nitrogens with one attached hydrogen (secondary N) is 3. The molecule has 0 heterocycles. The molecule has 2 amide bonds. The molecule has 0 bridgehead atoms. The van der Waals surface area contributed by atoms with Crippen LogP contribution in [-0.4, -0.2) is 29.2 Å². The summed E-state index contributed by atoms with van der Waals surface area (Å²) in [4.78, 5) is 34.3. The van der Waals surface area contributed by atoms with Gasteiger partial charge in [-0.1, -0.05) is 30.3 Å². The minimum Gasteiger partial charge on any atom is -0.483 e. The van der Waals surface area contributed by atoms with Crippen molar-refractivity contribution in [2.45, 2.75) is 18.6 Å². The molecule has 3 aromatic rings. The zero-order valence-corrected chi connectivity index (χ0v) is 19.1. The van der Waals surface area contributed by atoms with Crippen molar-refractivity contribution < 1.29 is 37.1 Å². The first-order chi connectivity index (χ1) is 17.5. The summed E-state index contributed by atoms with van der Waals surface area (Å²) in [6.45, 7) is -0.793. The highest BCUT2D eigenvalue weighted by Crippen LogP contribution is 2.30. The molecule has 12 heteroatoms. The molecule has 37 heavy (non-hydrogen) atoms. The van der Waals surface area contributed by atoms with Gasteiger partial charge in [-0.25, -0.2) is 4.39 Å². The number of amides is 2. The second-order valence-electron chi connectivity index (χ2n) is 7.45. The van der Waals surface area contributed by atoms with Crippen molar-refractivity contribution in [1.82, 2.24) is 5.32 Å². The summed E-state index contributed by atoms with van der Waals surface area (Å²) in [5.74, 6) is -3.95. The van der Waals surface area contributed by atoms with Gasteiger partial charge in [0.25, 0.3) is 6.47 Å². The average Bonchev–Trinajstić information content (AvgIpc) is 2.84. The van der Waals surface area contributed by atoms with E-state index in [0.717, 1.165) is 0 Å². The standard InChI is InChI=1S/C24H20F4N4O2.CH2O2/c25-19-11-8-17(24(26,27)28)12-16(19)13-31-22(33)20(14-4-2-1-3-5-14)23(34)32-18-9-6-15(7-10-18)21(29)30;2-1-3/h1-12,20H,13H2,(H3,29,30)(H,31,33)(H,32,34);1H,(H,2,3). The monoisotopic (exact) mass is 518 g/mol. The molecule has 1 atom stereocenters. The van der Waals surface area contributed by atoms with Crippen LogP contribution in [0.5, 0.6) is 0 Å². The number of nitrogens with two attached hydrogens (primary N) is 1. The Morgan fingerprint density at radius 2 is 1.59 bits per heavy atom. The van der Waals surface area contributed by atoms with Crippen LogP contribution in [0.3, 0.4) is 0 Å². The van der Waals surface area contributed by atoms with Gasteiger partial charge in [0.2, 0.25) is 11.8 Å². The molecule has 8 nitrogen and oxygen atoms in total. The van der Waals surface area contributed by atoms with Crippen molar-refractivity contribution in [3.8, 4) is 0 Å². The number of nitrogen functional groups attached to an aromatic ring is 1. The fraction of sp³-hybridized carbons (Fsp3) is 0.120. The number of carbonyl (C=O) groups excluding carboxylic acids is 2. The number of amidine groups is 1. The summed E-state index contributed by atoms with van der Waals surface area (Å²) < 4.78 is 52.9. The molecule has 3 aromatic carbocycles. The number of carboxylic acid groups (broad SMARTS) is 1. The van der Waals surface area contributed by atoms with Crippen molar-refractivity contribution in [3.63, 3.8) is 0 Å². The SMILES string of the molecule is N=C(N)c1ccc(NC(=O)C(C(=O)NCc2cc(C(F)(F)F)ccc2F)c2ccccc2)cc1.O=CO. The van der Waals surface area contributed by atoms with Crippen LogP contribution >= 0.6 is 0 Å². The lowest BCUT2D eigenvalue weighted by Gasteiger charge is -2.18. The van der Waals surface area contributed by atoms with Crippen LogP contribution in [0.2, 0.25) is 0 Å². The molecule has 0 aliphatic rings. The Labute approximate surface area is 208 Å². The van der Waals surface area contributed by atoms with Gasteiger partial charge in [0, 0.05) is 23.4 Å². The summed E-state index contributed by atoms with van der Waals surface area (Å²) in [6.07, 6.45) is -4.67. The maximum Gasteiger partial charge on any atom is 0.416 e. The van der Waals surface area contributed by atoms with Gasteiger partial charge in [0.15, 0.2) is 0 Å². The van der Waals surface area contributed by atoms with Crippen LogP contribution in [0, 0.1) is 11.2 Å². The Morgan fingerprint density at radius 1 is 1.00 bits per heavy atom. The second kappa shape index (κ2) is 12.8. The molecule has 3 rings (SSSR count). The van der Waals surface area contributed by atoms with Gasteiger partial charge >= 0.3 is 6.18 Å². The lowest BCUT2D eigenvalue weighted by Crippen LogP contribution is -2.36. The van der Waals surface area contributed by atoms with Crippen molar-refractivity contribution in [1.29, 1.82) is 5.41 Å². The van der Waals surface area contributed by atoms with Crippen molar-refractivity contribution >= 4 is 29.8 Å². The number of hydrogen-bond donors (Lipinski definition) is 5. The minimum absolute atomic E-state index is 0.152. The Hall–Kier alpha value is -4.74. The van der Waals surface area contributed by atoms with E-state index in [-0.39, 0.29) is 17.9 Å². The van der Waals surface area contributed by atoms with Crippen LogP contribution in [0.15, 0.2) is 72.8 Å². The predicted octanol–water partition coefficient (Wildman–Crippen LogP) is 3.87. The smallest absolute Gasteiger partial charge is 0.416 e. The molecule has 0 spiro atoms. The van der Waals surface area contributed by atoms with E-state index in [0.29, 0.717) is 35.0 Å². The highest BCUT2D eigenvalue weighted by molar-refractivity contribution is 6.11. The largest absolute Gasteiger partial charge is 0.483 e. The van der Waals surface area contributed by atoms with Crippen LogP contribution in [0.1, 0.15) is 28.2 Å². The van der Waals surface area contributed by atoms with E-state index in [1.165, 1.54) is 24.3 Å². The Morgan fingerprint density at radius 3 is 2.14 bits per heavy atom. The van der Waals surface area contributed by atoms with Gasteiger partial charge in [0.1, 0.15) is 17.6 Å². The fourth-order valence-electron chi connectivity index (χ4n) is 3.19. The fourth-order valence-corrected chi connectivity index (χ4v) is 3.19. The third-order valence-electron chi connectivity index (χ3n) is 4.95. The minimum atomic E-state index is -4.67. The van der Waals surface area contributed by atoms with Crippen LogP contribution in [0.25, 0.3) is 0 Å². The number of rotatable bonds is 7. The second-order valence-corrected chi connectivity index (χ2v) is 7.45. The number of halogens is 4. The lowest BCUT2D eigenvalue weighted by atomic mass is 9.96. The summed E-state index contributed by atoms with van der Waals surface area (Å²) in [7, 11) is 0. The Bertz CT molecular complexity index is 1250. The topological polar surface area (TPSA) is 145 Å². The number of hydrogen-bond acceptors (Lipinski definition) is 4. The zero-order valence-electron chi connectivity index (χ0n) is 19.1. The van der Waals surface area contributed by atoms with Gasteiger partial charge < -0.3 is 21.5 Å². The molecule has 0 radical (unpaired) electrons. The molecule has 0 saturated carbocycles. The van der Waals surface area contributed by atoms with Crippen LogP contribution in [-0.2, 0) is 27.1 Å². The van der Waals surface area contributed by atoms with Gasteiger partial charge in [-0.2, -0.15) is 13.2 Å². The number of alkyl halides is 3. The normalized spacial score (nSPS) is 11.4. The van der Waals surface area contributed by atoms with Gasteiger partial charge in [-0.15, -0.1) is 0 Å². The molecule has 0 fully saturated rings. The zero-order chi connectivity index (χ0) is 27.6. The Balaban J connectivity index is 0.00000153. The lowest BCUT2D eigenvalue weighted by molar-refractivity contribution is -0.137. The van der Waals surface area contributed by atoms with E-state index >= 15 is 0 Å². The van der Waals surface area contributed by atoms with Gasteiger partial charge in [0.05, 0.1) is 5.56 Å². The third-order valence-corrected chi connectivity index (χ3v) is 4.95. The Kier molecular flexibility index (Phi) is 9.87. The van der Waals surface area contributed by atoms with Gasteiger partial charge in [-0.3, -0.25) is 19.8 Å². The summed E-state index contributed by atoms with van der Waals surface area (Å²) in [6, 6.07) is 16.0. The predicted molar refractivity (Wildman–Crippen MR) is 127 cm³/mol. The molecule has 1 unspecified atom stereocenters. The molecule has 0 aliphatic carbocycles. The molecule has 0 saturated heterocycles. The highest BCUT2D eigenvalue weighted by Gasteiger charge is 2.32. The first-order valence-electron chi connectivity index (χ1n) is 10.5. The number of carbonyl (C=O) groups is 3. The van der Waals surface area contributed by atoms with E-state index in [9.17, 15) is 27.2 Å². The van der Waals surface area contributed by atoms with Crippen molar-refractivity contribution in [2.75, 3.05) is 5.32 Å². The first kappa shape index (κ1) is 28.5. The van der Waals surface area contributed by atoms with Gasteiger partial charge in [-0.05, 0) is 48.0 Å². The van der Waals surface area contributed by atoms with E-state index in [1.807, 2.05) is 0 Å². The molecule has 194 valence electrons. The summed E-state index contributed by atoms with van der Waals surface area (Å²) in [5, 5.41) is 19.2. The van der Waals surface area contributed by atoms with Crippen molar-refractivity contribution in [3.05, 3.63) is 101 Å². The first-order valence-corrected chi connectivity index (χ1v) is 10.5. The molecule has 6 N–H and O–H groups in total.